The van der Waals surface area contributed by atoms with E-state index in [0.29, 0.717) is 5.69 Å². The quantitative estimate of drug-likeness (QED) is 0.701. The van der Waals surface area contributed by atoms with E-state index < -0.39 is 0 Å². The lowest BCUT2D eigenvalue weighted by Gasteiger charge is -2.12. The molecule has 3 heteroatoms. The van der Waals surface area contributed by atoms with Crippen molar-refractivity contribution in [3.05, 3.63) is 72.8 Å². The third-order valence-electron chi connectivity index (χ3n) is 3.20. The van der Waals surface area contributed by atoms with Crippen molar-refractivity contribution < 1.29 is 4.74 Å². The van der Waals surface area contributed by atoms with Gasteiger partial charge in [-0.25, -0.2) is 0 Å². The Hall–Kier alpha value is -2.94. The summed E-state index contributed by atoms with van der Waals surface area (Å²) in [6.45, 7) is 0. The van der Waals surface area contributed by atoms with Gasteiger partial charge in [-0.3, -0.25) is 0 Å². The van der Waals surface area contributed by atoms with E-state index in [1.54, 1.807) is 0 Å². The largest absolute Gasteiger partial charge is 0.457 e. The Bertz CT molecular complexity index is 737. The highest BCUT2D eigenvalue weighted by Gasteiger charge is 2.08. The number of para-hydroxylation sites is 1. The van der Waals surface area contributed by atoms with Crippen LogP contribution in [0.3, 0.4) is 0 Å². The van der Waals surface area contributed by atoms with E-state index in [9.17, 15) is 0 Å². The smallest absolute Gasteiger partial charge is 0.137 e. The summed E-state index contributed by atoms with van der Waals surface area (Å²) in [5, 5.41) is 0. The van der Waals surface area contributed by atoms with Gasteiger partial charge in [0.2, 0.25) is 0 Å². The third kappa shape index (κ3) is 2.98. The summed E-state index contributed by atoms with van der Waals surface area (Å²) in [7, 11) is 0. The minimum absolute atomic E-state index is 0.667. The standard InChI is InChI=1S/C18H16N2O/c19-14-8-6-13(7-9-14)17-11-10-15(20)12-18(17)21-16-4-2-1-3-5-16/h1-12H,19-20H2. The van der Waals surface area contributed by atoms with Crippen molar-refractivity contribution in [1.29, 1.82) is 0 Å². The van der Waals surface area contributed by atoms with Gasteiger partial charge in [0, 0.05) is 23.0 Å². The third-order valence-corrected chi connectivity index (χ3v) is 3.20. The first-order valence-electron chi connectivity index (χ1n) is 6.71. The summed E-state index contributed by atoms with van der Waals surface area (Å²) < 4.78 is 5.96. The summed E-state index contributed by atoms with van der Waals surface area (Å²) in [6.07, 6.45) is 0. The van der Waals surface area contributed by atoms with Crippen LogP contribution in [0.5, 0.6) is 11.5 Å². The van der Waals surface area contributed by atoms with Crippen molar-refractivity contribution in [3.8, 4) is 22.6 Å². The molecule has 0 aliphatic rings. The summed E-state index contributed by atoms with van der Waals surface area (Å²) in [5.74, 6) is 1.51. The number of nitrogen functional groups attached to an aromatic ring is 2. The van der Waals surface area contributed by atoms with Crippen LogP contribution in [-0.2, 0) is 0 Å². The highest BCUT2D eigenvalue weighted by Crippen LogP contribution is 2.35. The predicted molar refractivity (Wildman–Crippen MR) is 87.2 cm³/mol. The van der Waals surface area contributed by atoms with Gasteiger partial charge in [-0.05, 0) is 42.0 Å². The lowest BCUT2D eigenvalue weighted by molar-refractivity contribution is 0.485. The molecule has 21 heavy (non-hydrogen) atoms. The van der Waals surface area contributed by atoms with Gasteiger partial charge in [0.1, 0.15) is 11.5 Å². The molecule has 3 aromatic carbocycles. The van der Waals surface area contributed by atoms with E-state index in [4.69, 9.17) is 16.2 Å². The second-order valence-electron chi connectivity index (χ2n) is 4.79. The maximum atomic E-state index is 5.96. The van der Waals surface area contributed by atoms with Crippen molar-refractivity contribution in [2.24, 2.45) is 0 Å². The molecule has 0 spiro atoms. The normalized spacial score (nSPS) is 10.3. The van der Waals surface area contributed by atoms with Gasteiger partial charge in [-0.2, -0.15) is 0 Å². The maximum absolute atomic E-state index is 5.96. The monoisotopic (exact) mass is 276 g/mol. The number of ether oxygens (including phenoxy) is 1. The van der Waals surface area contributed by atoms with Crippen LogP contribution in [0.2, 0.25) is 0 Å². The molecule has 0 aliphatic heterocycles. The van der Waals surface area contributed by atoms with Crippen LogP contribution in [0.15, 0.2) is 72.8 Å². The van der Waals surface area contributed by atoms with Crippen LogP contribution >= 0.6 is 0 Å². The Balaban J connectivity index is 2.03. The maximum Gasteiger partial charge on any atom is 0.137 e. The second-order valence-corrected chi connectivity index (χ2v) is 4.79. The SMILES string of the molecule is Nc1ccc(-c2ccc(N)cc2Oc2ccccc2)cc1. The van der Waals surface area contributed by atoms with E-state index in [-0.39, 0.29) is 0 Å². The average Bonchev–Trinajstić information content (AvgIpc) is 2.50. The molecule has 104 valence electrons. The molecule has 0 heterocycles. The molecule has 0 unspecified atom stereocenters. The van der Waals surface area contributed by atoms with E-state index in [2.05, 4.69) is 0 Å². The van der Waals surface area contributed by atoms with E-state index in [1.807, 2.05) is 72.8 Å². The van der Waals surface area contributed by atoms with Crippen molar-refractivity contribution in [1.82, 2.24) is 0 Å². The van der Waals surface area contributed by atoms with Gasteiger partial charge in [0.15, 0.2) is 0 Å². The van der Waals surface area contributed by atoms with E-state index in [0.717, 1.165) is 28.3 Å². The molecule has 3 rings (SSSR count). The van der Waals surface area contributed by atoms with Gasteiger partial charge >= 0.3 is 0 Å². The Labute approximate surface area is 123 Å². The fourth-order valence-electron chi connectivity index (χ4n) is 2.14. The van der Waals surface area contributed by atoms with Crippen LogP contribution in [-0.4, -0.2) is 0 Å². The summed E-state index contributed by atoms with van der Waals surface area (Å²) >= 11 is 0. The molecule has 0 saturated carbocycles. The molecular formula is C18H16N2O. The topological polar surface area (TPSA) is 61.3 Å². The number of hydrogen-bond acceptors (Lipinski definition) is 3. The number of rotatable bonds is 3. The zero-order valence-electron chi connectivity index (χ0n) is 11.5. The molecule has 0 saturated heterocycles. The highest BCUT2D eigenvalue weighted by molar-refractivity contribution is 5.74. The molecule has 0 aromatic heterocycles. The molecule has 3 aromatic rings. The molecule has 0 aliphatic carbocycles. The Morgan fingerprint density at radius 3 is 2.05 bits per heavy atom. The van der Waals surface area contributed by atoms with Crippen LogP contribution in [0.1, 0.15) is 0 Å². The Morgan fingerprint density at radius 1 is 0.667 bits per heavy atom. The molecule has 0 atom stereocenters. The highest BCUT2D eigenvalue weighted by atomic mass is 16.5. The predicted octanol–water partition coefficient (Wildman–Crippen LogP) is 4.31. The lowest BCUT2D eigenvalue weighted by atomic mass is 10.0. The molecule has 0 fully saturated rings. The van der Waals surface area contributed by atoms with Gasteiger partial charge in [0.05, 0.1) is 0 Å². The van der Waals surface area contributed by atoms with Gasteiger partial charge in [-0.1, -0.05) is 30.3 Å². The molecule has 0 bridgehead atoms. The van der Waals surface area contributed by atoms with Crippen molar-refractivity contribution >= 4 is 11.4 Å². The van der Waals surface area contributed by atoms with Gasteiger partial charge < -0.3 is 16.2 Å². The van der Waals surface area contributed by atoms with Crippen LogP contribution in [0.25, 0.3) is 11.1 Å². The fourth-order valence-corrected chi connectivity index (χ4v) is 2.14. The van der Waals surface area contributed by atoms with Gasteiger partial charge in [-0.15, -0.1) is 0 Å². The Kier molecular flexibility index (Phi) is 3.48. The molecule has 0 radical (unpaired) electrons. The minimum atomic E-state index is 0.667. The van der Waals surface area contributed by atoms with Crippen molar-refractivity contribution in [3.63, 3.8) is 0 Å². The lowest BCUT2D eigenvalue weighted by Crippen LogP contribution is -1.92. The van der Waals surface area contributed by atoms with Crippen LogP contribution in [0, 0.1) is 0 Å². The van der Waals surface area contributed by atoms with Gasteiger partial charge in [0.25, 0.3) is 0 Å². The van der Waals surface area contributed by atoms with E-state index >= 15 is 0 Å². The molecule has 3 nitrogen and oxygen atoms in total. The zero-order valence-corrected chi connectivity index (χ0v) is 11.5. The summed E-state index contributed by atoms with van der Waals surface area (Å²) in [5.41, 5.74) is 15.0. The van der Waals surface area contributed by atoms with Crippen molar-refractivity contribution in [2.75, 3.05) is 11.5 Å². The zero-order chi connectivity index (χ0) is 14.7. The number of hydrogen-bond donors (Lipinski definition) is 2. The van der Waals surface area contributed by atoms with E-state index in [1.165, 1.54) is 0 Å². The molecular weight excluding hydrogens is 260 g/mol. The summed E-state index contributed by atoms with van der Waals surface area (Å²) in [6, 6.07) is 23.0. The molecule has 0 amide bonds. The summed E-state index contributed by atoms with van der Waals surface area (Å²) in [4.78, 5) is 0. The Morgan fingerprint density at radius 2 is 1.33 bits per heavy atom. The first-order valence-corrected chi connectivity index (χ1v) is 6.71. The number of benzene rings is 3. The number of anilines is 2. The minimum Gasteiger partial charge on any atom is -0.457 e. The van der Waals surface area contributed by atoms with Crippen LogP contribution in [0.4, 0.5) is 11.4 Å². The second kappa shape index (κ2) is 5.59. The van der Waals surface area contributed by atoms with Crippen molar-refractivity contribution in [2.45, 2.75) is 0 Å². The fraction of sp³-hybridized carbons (Fsp3) is 0. The first-order chi connectivity index (χ1) is 10.2. The molecule has 4 N–H and O–H groups in total. The number of nitrogens with two attached hydrogens (primary N) is 2. The first kappa shape index (κ1) is 13.1. The average molecular weight is 276 g/mol. The van der Waals surface area contributed by atoms with Crippen LogP contribution < -0.4 is 16.2 Å².